The van der Waals surface area contributed by atoms with E-state index in [-0.39, 0.29) is 17.1 Å². The first-order valence-electron chi connectivity index (χ1n) is 6.82. The van der Waals surface area contributed by atoms with Crippen LogP contribution in [0.25, 0.3) is 0 Å². The van der Waals surface area contributed by atoms with Crippen LogP contribution in [-0.4, -0.2) is 18.2 Å². The Morgan fingerprint density at radius 1 is 1.16 bits per heavy atom. The number of hydrogen-bond acceptors (Lipinski definition) is 2. The molecule has 0 unspecified atom stereocenters. The largest absolute Gasteiger partial charge is 0.305 e. The van der Waals surface area contributed by atoms with Gasteiger partial charge in [0.2, 0.25) is 0 Å². The van der Waals surface area contributed by atoms with Crippen LogP contribution in [-0.2, 0) is 11.2 Å². The molecule has 3 nitrogen and oxygen atoms in total. The summed E-state index contributed by atoms with van der Waals surface area (Å²) in [5.41, 5.74) is 2.59. The maximum Gasteiger partial charge on any atom is 0.299 e. The van der Waals surface area contributed by atoms with Gasteiger partial charge in [0.1, 0.15) is 0 Å². The summed E-state index contributed by atoms with van der Waals surface area (Å²) in [5.74, 6) is -0.744. The van der Waals surface area contributed by atoms with Crippen molar-refractivity contribution in [3.05, 3.63) is 29.3 Å². The van der Waals surface area contributed by atoms with Gasteiger partial charge in [-0.1, -0.05) is 33.8 Å². The number of anilines is 1. The fourth-order valence-corrected chi connectivity index (χ4v) is 2.24. The van der Waals surface area contributed by atoms with Crippen LogP contribution in [0, 0.1) is 5.41 Å². The van der Waals surface area contributed by atoms with Gasteiger partial charge in [0.15, 0.2) is 0 Å². The van der Waals surface area contributed by atoms with Crippen molar-refractivity contribution >= 4 is 17.4 Å². The van der Waals surface area contributed by atoms with E-state index >= 15 is 0 Å². The van der Waals surface area contributed by atoms with Gasteiger partial charge >= 0.3 is 0 Å². The minimum Gasteiger partial charge on any atom is -0.305 e. The van der Waals surface area contributed by atoms with Crippen LogP contribution in [0.1, 0.15) is 50.0 Å². The average Bonchev–Trinajstić information content (AvgIpc) is 2.58. The topological polar surface area (TPSA) is 37.4 Å². The molecule has 0 N–H and O–H groups in total. The van der Waals surface area contributed by atoms with Gasteiger partial charge in [-0.2, -0.15) is 0 Å². The van der Waals surface area contributed by atoms with Gasteiger partial charge < -0.3 is 4.90 Å². The van der Waals surface area contributed by atoms with Gasteiger partial charge in [-0.25, -0.2) is 0 Å². The van der Waals surface area contributed by atoms with E-state index in [4.69, 9.17) is 0 Å². The molecular weight excluding hydrogens is 238 g/mol. The number of ketones is 1. The second-order valence-corrected chi connectivity index (χ2v) is 6.30. The number of rotatable bonds is 3. The Morgan fingerprint density at radius 3 is 2.42 bits per heavy atom. The molecule has 0 aromatic heterocycles. The number of carbonyl (C=O) groups excluding carboxylic acids is 2. The molecule has 1 aromatic carbocycles. The van der Waals surface area contributed by atoms with E-state index in [1.807, 2.05) is 25.1 Å². The Morgan fingerprint density at radius 2 is 1.84 bits per heavy atom. The van der Waals surface area contributed by atoms with Crippen LogP contribution in [0.3, 0.4) is 0 Å². The maximum atomic E-state index is 12.1. The molecule has 1 heterocycles. The summed E-state index contributed by atoms with van der Waals surface area (Å²) in [6.45, 7) is 9.05. The highest BCUT2D eigenvalue weighted by Crippen LogP contribution is 2.31. The fourth-order valence-electron chi connectivity index (χ4n) is 2.24. The Hall–Kier alpha value is -1.64. The summed E-state index contributed by atoms with van der Waals surface area (Å²) < 4.78 is 0. The molecule has 0 fully saturated rings. The molecule has 0 bridgehead atoms. The molecule has 1 aliphatic heterocycles. The van der Waals surface area contributed by atoms with Crippen molar-refractivity contribution in [3.8, 4) is 0 Å². The SMILES string of the molecule is CCc1ccc2c(c1)C(=O)C(=O)N2CCC(C)(C)C. The van der Waals surface area contributed by atoms with Crippen LogP contribution in [0.5, 0.6) is 0 Å². The number of aryl methyl sites for hydroxylation is 1. The van der Waals surface area contributed by atoms with Crippen LogP contribution in [0.15, 0.2) is 18.2 Å². The number of carbonyl (C=O) groups is 2. The molecular formula is C16H21NO2. The summed E-state index contributed by atoms with van der Waals surface area (Å²) in [4.78, 5) is 25.7. The lowest BCUT2D eigenvalue weighted by Crippen LogP contribution is -2.32. The first kappa shape index (κ1) is 13.8. The van der Waals surface area contributed by atoms with Gasteiger partial charge in [0.25, 0.3) is 11.7 Å². The fraction of sp³-hybridized carbons (Fsp3) is 0.500. The molecule has 0 saturated heterocycles. The highest BCUT2D eigenvalue weighted by molar-refractivity contribution is 6.52. The lowest BCUT2D eigenvalue weighted by molar-refractivity contribution is -0.114. The molecule has 0 atom stereocenters. The smallest absolute Gasteiger partial charge is 0.299 e. The van der Waals surface area contributed by atoms with E-state index in [9.17, 15) is 9.59 Å². The van der Waals surface area contributed by atoms with Gasteiger partial charge in [-0.05, 0) is 36.0 Å². The molecule has 1 aliphatic rings. The van der Waals surface area contributed by atoms with Gasteiger partial charge in [0.05, 0.1) is 11.3 Å². The van der Waals surface area contributed by atoms with E-state index in [1.165, 1.54) is 0 Å². The van der Waals surface area contributed by atoms with Gasteiger partial charge in [-0.15, -0.1) is 0 Å². The zero-order valence-corrected chi connectivity index (χ0v) is 12.1. The highest BCUT2D eigenvalue weighted by atomic mass is 16.2. The molecule has 102 valence electrons. The third-order valence-corrected chi connectivity index (χ3v) is 3.53. The van der Waals surface area contributed by atoms with Crippen molar-refractivity contribution in [3.63, 3.8) is 0 Å². The van der Waals surface area contributed by atoms with Crippen LogP contribution < -0.4 is 4.90 Å². The minimum atomic E-state index is -0.382. The molecule has 1 aromatic rings. The molecule has 19 heavy (non-hydrogen) atoms. The molecule has 0 radical (unpaired) electrons. The summed E-state index contributed by atoms with van der Waals surface area (Å²) in [6.07, 6.45) is 1.75. The monoisotopic (exact) mass is 259 g/mol. The Kier molecular flexibility index (Phi) is 3.48. The third kappa shape index (κ3) is 2.70. The molecule has 3 heteroatoms. The number of nitrogens with zero attached hydrogens (tertiary/aromatic N) is 1. The van der Waals surface area contributed by atoms with Crippen LogP contribution in [0.4, 0.5) is 5.69 Å². The van der Waals surface area contributed by atoms with Crippen LogP contribution in [0.2, 0.25) is 0 Å². The summed E-state index contributed by atoms with van der Waals surface area (Å²) >= 11 is 0. The number of hydrogen-bond donors (Lipinski definition) is 0. The van der Waals surface area contributed by atoms with Gasteiger partial charge in [0, 0.05) is 6.54 Å². The quantitative estimate of drug-likeness (QED) is 0.782. The van der Waals surface area contributed by atoms with Crippen LogP contribution >= 0.6 is 0 Å². The van der Waals surface area contributed by atoms with E-state index in [2.05, 4.69) is 20.8 Å². The summed E-state index contributed by atoms with van der Waals surface area (Å²) in [6, 6.07) is 5.75. The van der Waals surface area contributed by atoms with E-state index in [0.29, 0.717) is 12.1 Å². The second kappa shape index (κ2) is 4.80. The lowest BCUT2D eigenvalue weighted by Gasteiger charge is -2.23. The van der Waals surface area contributed by atoms with Gasteiger partial charge in [-0.3, -0.25) is 9.59 Å². The molecule has 1 amide bonds. The summed E-state index contributed by atoms with van der Waals surface area (Å²) in [7, 11) is 0. The zero-order valence-electron chi connectivity index (χ0n) is 12.1. The first-order valence-corrected chi connectivity index (χ1v) is 6.82. The predicted octanol–water partition coefficient (Wildman–Crippen LogP) is 3.21. The van der Waals surface area contributed by atoms with Crippen molar-refractivity contribution in [2.45, 2.75) is 40.5 Å². The number of Topliss-reactive ketones (excluding diaryl/α,β-unsaturated/α-hetero) is 1. The maximum absolute atomic E-state index is 12.1. The molecule has 2 rings (SSSR count). The van der Waals surface area contributed by atoms with E-state index in [1.54, 1.807) is 4.90 Å². The van der Waals surface area contributed by atoms with E-state index in [0.717, 1.165) is 24.1 Å². The summed E-state index contributed by atoms with van der Waals surface area (Å²) in [5, 5.41) is 0. The molecule has 0 aliphatic carbocycles. The normalized spacial score (nSPS) is 15.1. The highest BCUT2D eigenvalue weighted by Gasteiger charge is 2.35. The number of fused-ring (bicyclic) bond motifs is 1. The van der Waals surface area contributed by atoms with Crippen molar-refractivity contribution in [1.29, 1.82) is 0 Å². The van der Waals surface area contributed by atoms with Crippen molar-refractivity contribution in [2.75, 3.05) is 11.4 Å². The molecule has 0 spiro atoms. The van der Waals surface area contributed by atoms with Crippen molar-refractivity contribution < 1.29 is 9.59 Å². The number of amides is 1. The Bertz CT molecular complexity index is 526. The lowest BCUT2D eigenvalue weighted by atomic mass is 9.92. The second-order valence-electron chi connectivity index (χ2n) is 6.30. The third-order valence-electron chi connectivity index (χ3n) is 3.53. The minimum absolute atomic E-state index is 0.148. The number of benzene rings is 1. The van der Waals surface area contributed by atoms with E-state index < -0.39 is 0 Å². The molecule has 0 saturated carbocycles. The standard InChI is InChI=1S/C16H21NO2/c1-5-11-6-7-13-12(10-11)14(18)15(19)17(13)9-8-16(2,3)4/h6-7,10H,5,8-9H2,1-4H3. The predicted molar refractivity (Wildman–Crippen MR) is 76.6 cm³/mol. The average molecular weight is 259 g/mol. The Labute approximate surface area is 114 Å². The Balaban J connectivity index is 2.29. The zero-order chi connectivity index (χ0) is 14.2. The van der Waals surface area contributed by atoms with Crippen molar-refractivity contribution in [1.82, 2.24) is 0 Å². The first-order chi connectivity index (χ1) is 8.83. The van der Waals surface area contributed by atoms with Crippen molar-refractivity contribution in [2.24, 2.45) is 5.41 Å².